The second kappa shape index (κ2) is 3.12. The highest BCUT2D eigenvalue weighted by molar-refractivity contribution is 9.10. The van der Waals surface area contributed by atoms with Crippen LogP contribution in [0.1, 0.15) is 16.8 Å². The SMILES string of the molecule is O=C1CC[O+]([O-])c2ccc(Br)cc21. The number of rotatable bonds is 0. The number of fused-ring (bicyclic) bond motifs is 1. The third kappa shape index (κ3) is 1.47. The molecule has 0 radical (unpaired) electrons. The molecule has 0 N–H and O–H groups in total. The second-order valence-electron chi connectivity index (χ2n) is 2.86. The highest BCUT2D eigenvalue weighted by Crippen LogP contribution is 2.32. The molecule has 1 heterocycles. The summed E-state index contributed by atoms with van der Waals surface area (Å²) >= 11 is 3.26. The number of carbonyl (C=O) groups excluding carboxylic acids is 1. The Hall–Kier alpha value is -0.870. The summed E-state index contributed by atoms with van der Waals surface area (Å²) in [7, 11) is 0. The molecule has 1 aromatic carbocycles. The third-order valence-corrected chi connectivity index (χ3v) is 2.50. The van der Waals surface area contributed by atoms with Gasteiger partial charge in [-0.3, -0.25) is 4.79 Å². The van der Waals surface area contributed by atoms with Crippen LogP contribution in [-0.2, 0) is 4.52 Å². The first-order valence-electron chi connectivity index (χ1n) is 3.89. The summed E-state index contributed by atoms with van der Waals surface area (Å²) in [5.41, 5.74) is 0.487. The van der Waals surface area contributed by atoms with Crippen molar-refractivity contribution in [3.05, 3.63) is 28.2 Å². The zero-order valence-corrected chi connectivity index (χ0v) is 8.33. The molecule has 2 rings (SSSR count). The minimum Gasteiger partial charge on any atom is -0.564 e. The average Bonchev–Trinajstić information content (AvgIpc) is 2.12. The van der Waals surface area contributed by atoms with E-state index >= 15 is 0 Å². The highest BCUT2D eigenvalue weighted by Gasteiger charge is 2.25. The maximum Gasteiger partial charge on any atom is 0.276 e. The molecule has 0 aliphatic carbocycles. The first-order chi connectivity index (χ1) is 6.18. The van der Waals surface area contributed by atoms with E-state index in [1.807, 2.05) is 0 Å². The smallest absolute Gasteiger partial charge is 0.276 e. The molecule has 0 amide bonds. The van der Waals surface area contributed by atoms with Crippen LogP contribution in [0, 0.1) is 0 Å². The maximum atomic E-state index is 11.4. The molecule has 13 heavy (non-hydrogen) atoms. The summed E-state index contributed by atoms with van der Waals surface area (Å²) in [4.78, 5) is 11.4. The van der Waals surface area contributed by atoms with E-state index in [9.17, 15) is 10.1 Å². The van der Waals surface area contributed by atoms with Gasteiger partial charge in [0.1, 0.15) is 5.56 Å². The fourth-order valence-electron chi connectivity index (χ4n) is 1.35. The monoisotopic (exact) mass is 242 g/mol. The minimum atomic E-state index is 0.0240. The Kier molecular flexibility index (Phi) is 2.09. The minimum absolute atomic E-state index is 0.0240. The Labute approximate surface area is 83.7 Å². The summed E-state index contributed by atoms with van der Waals surface area (Å²) in [6.07, 6.45) is 0.275. The number of hydrogen-bond acceptors (Lipinski definition) is 2. The van der Waals surface area contributed by atoms with Crippen LogP contribution in [0.5, 0.6) is 5.75 Å². The summed E-state index contributed by atoms with van der Waals surface area (Å²) in [6, 6.07) is 5.05. The summed E-state index contributed by atoms with van der Waals surface area (Å²) < 4.78 is 2.47. The van der Waals surface area contributed by atoms with Crippen molar-refractivity contribution in [2.75, 3.05) is 6.61 Å². The molecule has 1 aliphatic rings. The molecule has 0 fully saturated rings. The Bertz CT molecular complexity index is 362. The molecule has 4 heteroatoms. The first-order valence-corrected chi connectivity index (χ1v) is 4.69. The van der Waals surface area contributed by atoms with Gasteiger partial charge in [-0.2, -0.15) is 0 Å². The second-order valence-corrected chi connectivity index (χ2v) is 3.78. The summed E-state index contributed by atoms with van der Waals surface area (Å²) in [6.45, 7) is 0.188. The quantitative estimate of drug-likeness (QED) is 0.512. The third-order valence-electron chi connectivity index (χ3n) is 2.00. The first kappa shape index (κ1) is 8.72. The maximum absolute atomic E-state index is 11.4. The zero-order valence-electron chi connectivity index (χ0n) is 6.75. The van der Waals surface area contributed by atoms with Crippen LogP contribution >= 0.6 is 15.9 Å². The van der Waals surface area contributed by atoms with Crippen LogP contribution < -0.4 is 5.26 Å². The van der Waals surface area contributed by atoms with Crippen LogP contribution in [0.2, 0.25) is 0 Å². The number of benzene rings is 1. The van der Waals surface area contributed by atoms with Crippen molar-refractivity contribution in [1.82, 2.24) is 0 Å². The Morgan fingerprint density at radius 1 is 1.46 bits per heavy atom. The Morgan fingerprint density at radius 2 is 2.23 bits per heavy atom. The van der Waals surface area contributed by atoms with Crippen LogP contribution in [0.25, 0.3) is 0 Å². The standard InChI is InChI=1S/C9H7BrO3/c10-6-1-2-9-7(5-6)8(11)3-4-13(9)12/h1-2,5H,3-4H2. The molecule has 1 aromatic rings. The summed E-state index contributed by atoms with van der Waals surface area (Å²) in [5.74, 6) is 0.426. The van der Waals surface area contributed by atoms with Crippen molar-refractivity contribution >= 4 is 21.7 Å². The molecule has 0 saturated carbocycles. The lowest BCUT2D eigenvalue weighted by atomic mass is 10.1. The van der Waals surface area contributed by atoms with Crippen molar-refractivity contribution in [2.45, 2.75) is 6.42 Å². The van der Waals surface area contributed by atoms with Gasteiger partial charge in [-0.15, -0.1) is 0 Å². The molecular weight excluding hydrogens is 236 g/mol. The molecule has 0 bridgehead atoms. The molecule has 0 saturated heterocycles. The number of ketones is 1. The Morgan fingerprint density at radius 3 is 3.00 bits per heavy atom. The summed E-state index contributed by atoms with van der Waals surface area (Å²) in [5, 5.41) is 11.2. The molecule has 0 spiro atoms. The van der Waals surface area contributed by atoms with Gasteiger partial charge in [0.05, 0.1) is 6.42 Å². The van der Waals surface area contributed by atoms with Crippen molar-refractivity contribution in [2.24, 2.45) is 0 Å². The fraction of sp³-hybridized carbons (Fsp3) is 0.222. The van der Waals surface area contributed by atoms with Gasteiger partial charge in [0.25, 0.3) is 5.75 Å². The fourth-order valence-corrected chi connectivity index (χ4v) is 1.71. The van der Waals surface area contributed by atoms with E-state index in [1.54, 1.807) is 22.7 Å². The average molecular weight is 243 g/mol. The van der Waals surface area contributed by atoms with Crippen LogP contribution in [0.15, 0.2) is 22.7 Å². The van der Waals surface area contributed by atoms with Gasteiger partial charge in [0.2, 0.25) is 0 Å². The van der Waals surface area contributed by atoms with E-state index in [1.165, 1.54) is 0 Å². The molecule has 0 unspecified atom stereocenters. The van der Waals surface area contributed by atoms with Gasteiger partial charge >= 0.3 is 0 Å². The van der Waals surface area contributed by atoms with Crippen LogP contribution in [0.4, 0.5) is 0 Å². The number of halogens is 1. The van der Waals surface area contributed by atoms with Gasteiger partial charge in [0.15, 0.2) is 12.4 Å². The van der Waals surface area contributed by atoms with E-state index in [0.717, 1.165) is 4.47 Å². The molecular formula is C9H7BrO3. The van der Waals surface area contributed by atoms with E-state index in [0.29, 0.717) is 11.3 Å². The van der Waals surface area contributed by atoms with Gasteiger partial charge in [-0.25, -0.2) is 0 Å². The predicted molar refractivity (Wildman–Crippen MR) is 48.5 cm³/mol. The van der Waals surface area contributed by atoms with Crippen LogP contribution in [0.3, 0.4) is 0 Å². The largest absolute Gasteiger partial charge is 0.564 e. The molecule has 0 atom stereocenters. The molecule has 0 aromatic heterocycles. The van der Waals surface area contributed by atoms with E-state index < -0.39 is 0 Å². The van der Waals surface area contributed by atoms with Gasteiger partial charge in [-0.05, 0) is 12.1 Å². The van der Waals surface area contributed by atoms with Crippen molar-refractivity contribution in [1.29, 1.82) is 0 Å². The Balaban J connectivity index is 2.57. The zero-order chi connectivity index (χ0) is 9.42. The lowest BCUT2D eigenvalue weighted by Gasteiger charge is -2.29. The van der Waals surface area contributed by atoms with E-state index in [4.69, 9.17) is 0 Å². The van der Waals surface area contributed by atoms with Crippen molar-refractivity contribution in [3.8, 4) is 5.75 Å². The highest BCUT2D eigenvalue weighted by atomic mass is 79.9. The van der Waals surface area contributed by atoms with Gasteiger partial charge in [-0.1, -0.05) is 15.9 Å². The predicted octanol–water partition coefficient (Wildman–Crippen LogP) is 1.58. The molecule has 1 aliphatic heterocycles. The molecule has 68 valence electrons. The van der Waals surface area contributed by atoms with E-state index in [-0.39, 0.29) is 18.8 Å². The van der Waals surface area contributed by atoms with Crippen molar-refractivity contribution < 1.29 is 14.6 Å². The van der Waals surface area contributed by atoms with Crippen molar-refractivity contribution in [3.63, 3.8) is 0 Å². The number of hydrogen-bond donors (Lipinski definition) is 0. The lowest BCUT2D eigenvalue weighted by molar-refractivity contribution is -0.767. The number of Topliss-reactive ketones (excluding diaryl/α,β-unsaturated/α-hetero) is 1. The lowest BCUT2D eigenvalue weighted by Crippen LogP contribution is -2.28. The molecule has 3 nitrogen and oxygen atoms in total. The van der Waals surface area contributed by atoms with Gasteiger partial charge in [0, 0.05) is 10.5 Å². The topological polar surface area (TPSA) is 42.8 Å². The number of carbonyl (C=O) groups is 1. The van der Waals surface area contributed by atoms with E-state index in [2.05, 4.69) is 15.9 Å². The normalized spacial score (nSPS) is 15.8. The van der Waals surface area contributed by atoms with Crippen LogP contribution in [-0.4, -0.2) is 12.4 Å². The van der Waals surface area contributed by atoms with Gasteiger partial charge < -0.3 is 9.78 Å².